The fourth-order valence-corrected chi connectivity index (χ4v) is 2.11. The van der Waals surface area contributed by atoms with Gasteiger partial charge in [-0.3, -0.25) is 10.1 Å². The summed E-state index contributed by atoms with van der Waals surface area (Å²) < 4.78 is 4.86. The largest absolute Gasteiger partial charge is 0.328 e. The van der Waals surface area contributed by atoms with Crippen molar-refractivity contribution < 1.29 is 9.32 Å². The zero-order valence-corrected chi connectivity index (χ0v) is 10.2. The third-order valence-electron chi connectivity index (χ3n) is 3.16. The van der Waals surface area contributed by atoms with Crippen LogP contribution in [0.5, 0.6) is 0 Å². The Morgan fingerprint density at radius 1 is 1.65 bits per heavy atom. The van der Waals surface area contributed by atoms with E-state index >= 15 is 0 Å². The Labute approximate surface area is 100 Å². The summed E-state index contributed by atoms with van der Waals surface area (Å²) in [6.07, 6.45) is 3.13. The molecular formula is C11H18N4O2. The summed E-state index contributed by atoms with van der Waals surface area (Å²) in [6.45, 7) is 4.76. The molecule has 2 atom stereocenters. The Morgan fingerprint density at radius 3 is 3.12 bits per heavy atom. The van der Waals surface area contributed by atoms with Crippen LogP contribution in [0.4, 0.5) is 6.01 Å². The molecule has 0 bridgehead atoms. The van der Waals surface area contributed by atoms with E-state index in [4.69, 9.17) is 4.52 Å². The molecule has 2 unspecified atom stereocenters. The quantitative estimate of drug-likeness (QED) is 0.824. The zero-order valence-electron chi connectivity index (χ0n) is 10.2. The molecule has 1 saturated heterocycles. The van der Waals surface area contributed by atoms with Crippen LogP contribution in [0.25, 0.3) is 0 Å². The van der Waals surface area contributed by atoms with E-state index in [1.807, 2.05) is 0 Å². The van der Waals surface area contributed by atoms with Gasteiger partial charge in [0.2, 0.25) is 5.91 Å². The van der Waals surface area contributed by atoms with Crippen LogP contribution in [0.1, 0.15) is 32.0 Å². The lowest BCUT2D eigenvalue weighted by Gasteiger charge is -2.28. The third kappa shape index (κ3) is 3.03. The monoisotopic (exact) mass is 238 g/mol. The fraction of sp³-hybridized carbons (Fsp3) is 0.727. The van der Waals surface area contributed by atoms with Gasteiger partial charge in [0.05, 0.1) is 6.04 Å². The second kappa shape index (κ2) is 5.27. The van der Waals surface area contributed by atoms with Gasteiger partial charge in [0, 0.05) is 0 Å². The minimum absolute atomic E-state index is 0.0909. The van der Waals surface area contributed by atoms with Crippen LogP contribution in [0.3, 0.4) is 0 Å². The molecule has 1 aromatic heterocycles. The summed E-state index contributed by atoms with van der Waals surface area (Å²) in [5, 5.41) is 9.47. The van der Waals surface area contributed by atoms with Gasteiger partial charge in [0.1, 0.15) is 0 Å². The molecule has 2 N–H and O–H groups in total. The van der Waals surface area contributed by atoms with Gasteiger partial charge in [0.25, 0.3) is 0 Å². The van der Waals surface area contributed by atoms with Crippen LogP contribution in [0.15, 0.2) is 4.52 Å². The molecule has 1 amide bonds. The van der Waals surface area contributed by atoms with Gasteiger partial charge >= 0.3 is 6.01 Å². The van der Waals surface area contributed by atoms with Crippen molar-refractivity contribution in [1.29, 1.82) is 0 Å². The number of rotatable bonds is 3. The van der Waals surface area contributed by atoms with Crippen molar-refractivity contribution in [2.45, 2.75) is 39.2 Å². The predicted molar refractivity (Wildman–Crippen MR) is 62.5 cm³/mol. The Morgan fingerprint density at radius 2 is 2.47 bits per heavy atom. The van der Waals surface area contributed by atoms with Crippen molar-refractivity contribution in [3.05, 3.63) is 5.82 Å². The van der Waals surface area contributed by atoms with Crippen LogP contribution in [-0.2, 0) is 4.79 Å². The molecule has 17 heavy (non-hydrogen) atoms. The van der Waals surface area contributed by atoms with Crippen molar-refractivity contribution in [3.63, 3.8) is 0 Å². The first-order chi connectivity index (χ1) is 8.19. The summed E-state index contributed by atoms with van der Waals surface area (Å²) in [5.41, 5.74) is 0. The molecule has 6 nitrogen and oxygen atoms in total. The van der Waals surface area contributed by atoms with Crippen LogP contribution >= 0.6 is 0 Å². The van der Waals surface area contributed by atoms with E-state index in [0.29, 0.717) is 11.7 Å². The van der Waals surface area contributed by atoms with E-state index in [2.05, 4.69) is 27.7 Å². The maximum absolute atomic E-state index is 11.9. The number of nitrogens with one attached hydrogen (secondary N) is 2. The lowest BCUT2D eigenvalue weighted by Crippen LogP contribution is -2.46. The minimum Gasteiger partial charge on any atom is -0.315 e. The molecular weight excluding hydrogens is 220 g/mol. The fourth-order valence-electron chi connectivity index (χ4n) is 2.11. The number of amides is 1. The van der Waals surface area contributed by atoms with Gasteiger partial charge in [-0.25, -0.2) is 0 Å². The molecule has 1 fully saturated rings. The summed E-state index contributed by atoms with van der Waals surface area (Å²) >= 11 is 0. The highest BCUT2D eigenvalue weighted by molar-refractivity contribution is 5.93. The van der Waals surface area contributed by atoms with Gasteiger partial charge in [0.15, 0.2) is 5.82 Å². The van der Waals surface area contributed by atoms with E-state index in [9.17, 15) is 4.79 Å². The number of anilines is 1. The molecule has 1 aromatic rings. The Hall–Kier alpha value is -1.43. The van der Waals surface area contributed by atoms with E-state index in [-0.39, 0.29) is 18.0 Å². The number of aryl methyl sites for hydroxylation is 1. The number of hydrogen-bond acceptors (Lipinski definition) is 5. The SMILES string of the molecule is CCC1CCNC(C(=O)Nc2nc(C)no2)C1. The molecule has 0 spiro atoms. The predicted octanol–water partition coefficient (Wildman–Crippen LogP) is 1.09. The van der Waals surface area contributed by atoms with Crippen molar-refractivity contribution in [1.82, 2.24) is 15.5 Å². The van der Waals surface area contributed by atoms with Crippen LogP contribution < -0.4 is 10.6 Å². The molecule has 0 aromatic carbocycles. The first-order valence-corrected chi connectivity index (χ1v) is 6.03. The Bertz CT molecular complexity index is 391. The summed E-state index contributed by atoms with van der Waals surface area (Å²) in [4.78, 5) is 15.9. The zero-order chi connectivity index (χ0) is 12.3. The van der Waals surface area contributed by atoms with Gasteiger partial charge in [-0.05, 0) is 32.2 Å². The standard InChI is InChI=1S/C11H18N4O2/c1-3-8-4-5-12-9(6-8)10(16)14-11-13-7(2)15-17-11/h8-9,12H,3-6H2,1-2H3,(H,13,14,15,16). The normalized spacial score (nSPS) is 24.6. The van der Waals surface area contributed by atoms with Crippen molar-refractivity contribution in [2.75, 3.05) is 11.9 Å². The molecule has 0 radical (unpaired) electrons. The van der Waals surface area contributed by atoms with Gasteiger partial charge < -0.3 is 9.84 Å². The average Bonchev–Trinajstić information content (AvgIpc) is 2.75. The highest BCUT2D eigenvalue weighted by Gasteiger charge is 2.26. The van der Waals surface area contributed by atoms with E-state index in [1.54, 1.807) is 6.92 Å². The summed E-state index contributed by atoms with van der Waals surface area (Å²) in [5.74, 6) is 1.05. The molecule has 2 heterocycles. The number of aromatic nitrogens is 2. The van der Waals surface area contributed by atoms with Crippen LogP contribution in [0.2, 0.25) is 0 Å². The van der Waals surface area contributed by atoms with Crippen molar-refractivity contribution in [2.24, 2.45) is 5.92 Å². The van der Waals surface area contributed by atoms with E-state index in [1.165, 1.54) is 0 Å². The van der Waals surface area contributed by atoms with Gasteiger partial charge in [-0.1, -0.05) is 18.5 Å². The third-order valence-corrected chi connectivity index (χ3v) is 3.16. The Kier molecular flexibility index (Phi) is 3.73. The molecule has 0 aliphatic carbocycles. The van der Waals surface area contributed by atoms with Crippen LogP contribution in [0, 0.1) is 12.8 Å². The Balaban J connectivity index is 1.91. The van der Waals surface area contributed by atoms with E-state index in [0.717, 1.165) is 25.8 Å². The number of carbonyl (C=O) groups is 1. The number of carbonyl (C=O) groups excluding carboxylic acids is 1. The number of nitrogens with zero attached hydrogens (tertiary/aromatic N) is 2. The summed E-state index contributed by atoms with van der Waals surface area (Å²) in [7, 11) is 0. The maximum Gasteiger partial charge on any atom is 0.328 e. The van der Waals surface area contributed by atoms with Gasteiger partial charge in [-0.2, -0.15) is 4.98 Å². The summed E-state index contributed by atoms with van der Waals surface area (Å²) in [6, 6.07) is 0.0221. The van der Waals surface area contributed by atoms with Crippen molar-refractivity contribution in [3.8, 4) is 0 Å². The smallest absolute Gasteiger partial charge is 0.315 e. The number of piperidine rings is 1. The molecule has 94 valence electrons. The molecule has 1 aliphatic heterocycles. The molecule has 6 heteroatoms. The second-order valence-electron chi connectivity index (χ2n) is 4.44. The lowest BCUT2D eigenvalue weighted by molar-refractivity contribution is -0.119. The topological polar surface area (TPSA) is 80.0 Å². The first-order valence-electron chi connectivity index (χ1n) is 6.03. The molecule has 0 saturated carbocycles. The van der Waals surface area contributed by atoms with Crippen LogP contribution in [-0.4, -0.2) is 28.6 Å². The molecule has 2 rings (SSSR count). The first kappa shape index (κ1) is 12.0. The lowest BCUT2D eigenvalue weighted by atomic mass is 9.90. The number of hydrogen-bond donors (Lipinski definition) is 2. The highest BCUT2D eigenvalue weighted by Crippen LogP contribution is 2.20. The highest BCUT2D eigenvalue weighted by atomic mass is 16.5. The van der Waals surface area contributed by atoms with Gasteiger partial charge in [-0.15, -0.1) is 0 Å². The average molecular weight is 238 g/mol. The minimum atomic E-state index is -0.152. The van der Waals surface area contributed by atoms with E-state index < -0.39 is 0 Å². The second-order valence-corrected chi connectivity index (χ2v) is 4.44. The molecule has 1 aliphatic rings. The van der Waals surface area contributed by atoms with Crippen molar-refractivity contribution >= 4 is 11.9 Å². The maximum atomic E-state index is 11.9.